The zero-order chi connectivity index (χ0) is 33.7. The van der Waals surface area contributed by atoms with E-state index in [2.05, 4.69) is 143 Å². The van der Waals surface area contributed by atoms with Crippen molar-refractivity contribution in [3.05, 3.63) is 204 Å². The Morgan fingerprint density at radius 3 is 0.900 bits per heavy atom. The van der Waals surface area contributed by atoms with Crippen molar-refractivity contribution in [3.8, 4) is 22.3 Å². The van der Waals surface area contributed by atoms with E-state index in [4.69, 9.17) is 0 Å². The second kappa shape index (κ2) is 14.2. The summed E-state index contributed by atoms with van der Waals surface area (Å²) in [5.74, 6) is 0.00834. The number of para-hydroxylation sites is 4. The van der Waals surface area contributed by atoms with Gasteiger partial charge in [0.05, 0.1) is 9.75 Å². The number of carbonyl (C=O) groups is 1. The number of anilines is 6. The van der Waals surface area contributed by atoms with Crippen LogP contribution in [0.25, 0.3) is 22.3 Å². The Morgan fingerprint density at radius 1 is 0.360 bits per heavy atom. The average molecular weight is 681 g/mol. The molecule has 0 spiro atoms. The van der Waals surface area contributed by atoms with Crippen LogP contribution in [0.5, 0.6) is 0 Å². The minimum absolute atomic E-state index is 0.00834. The molecule has 8 rings (SSSR count). The van der Waals surface area contributed by atoms with Crippen LogP contribution in [0, 0.1) is 0 Å². The van der Waals surface area contributed by atoms with E-state index in [0.717, 1.165) is 55.0 Å². The van der Waals surface area contributed by atoms with Crippen LogP contribution in [0.1, 0.15) is 14.5 Å². The minimum Gasteiger partial charge on any atom is -0.301 e. The summed E-state index contributed by atoms with van der Waals surface area (Å²) in [5.41, 5.74) is 8.27. The van der Waals surface area contributed by atoms with E-state index in [1.807, 2.05) is 60.7 Å². The van der Waals surface area contributed by atoms with Crippen molar-refractivity contribution < 1.29 is 4.79 Å². The van der Waals surface area contributed by atoms with Gasteiger partial charge in [0.15, 0.2) is 0 Å². The Labute approximate surface area is 300 Å². The fourth-order valence-corrected chi connectivity index (χ4v) is 8.58. The molecule has 6 aromatic carbocycles. The van der Waals surface area contributed by atoms with E-state index < -0.39 is 0 Å². The average Bonchev–Trinajstić information content (AvgIpc) is 3.83. The fraction of sp³-hybridized carbons (Fsp3) is 0. The van der Waals surface area contributed by atoms with Crippen LogP contribution in [-0.4, -0.2) is 5.78 Å². The Morgan fingerprint density at radius 2 is 0.620 bits per heavy atom. The lowest BCUT2D eigenvalue weighted by Crippen LogP contribution is -2.09. The topological polar surface area (TPSA) is 23.6 Å². The molecule has 0 atom stereocenters. The highest BCUT2D eigenvalue weighted by molar-refractivity contribution is 7.22. The molecule has 3 nitrogen and oxygen atoms in total. The zero-order valence-electron chi connectivity index (χ0n) is 27.1. The molecule has 0 saturated carbocycles. The van der Waals surface area contributed by atoms with Gasteiger partial charge in [0.25, 0.3) is 0 Å². The van der Waals surface area contributed by atoms with E-state index in [-0.39, 0.29) is 5.78 Å². The predicted molar refractivity (Wildman–Crippen MR) is 212 cm³/mol. The van der Waals surface area contributed by atoms with Crippen molar-refractivity contribution in [2.75, 3.05) is 9.80 Å². The number of hydrogen-bond donors (Lipinski definition) is 0. The monoisotopic (exact) mass is 680 g/mol. The van der Waals surface area contributed by atoms with E-state index >= 15 is 0 Å². The van der Waals surface area contributed by atoms with Crippen LogP contribution in [-0.2, 0) is 0 Å². The van der Waals surface area contributed by atoms with Gasteiger partial charge in [-0.3, -0.25) is 4.79 Å². The van der Waals surface area contributed by atoms with Crippen molar-refractivity contribution in [1.82, 2.24) is 0 Å². The van der Waals surface area contributed by atoms with E-state index in [1.165, 1.54) is 22.7 Å². The van der Waals surface area contributed by atoms with E-state index in [9.17, 15) is 4.79 Å². The number of nitrogens with zero attached hydrogens (tertiary/aromatic N) is 2. The molecule has 240 valence electrons. The molecule has 0 amide bonds. The number of hydrogen-bond acceptors (Lipinski definition) is 5. The Bertz CT molecular complexity index is 2080. The fourth-order valence-electron chi connectivity index (χ4n) is 6.16. The molecular weight excluding hydrogens is 649 g/mol. The standard InChI is InChI=1S/C45H32N2OS2/c48-43(41-31-39(33-19-7-1-8-20-33)44(49-41)46(35-23-11-3-12-24-35)36-25-13-4-14-26-36)42-32-40(34-21-9-2-10-22-34)45(50-42)47(37-27-15-5-16-28-37)38-29-17-6-18-30-38/h1-32H. The molecule has 0 bridgehead atoms. The van der Waals surface area contributed by atoms with Crippen molar-refractivity contribution in [1.29, 1.82) is 0 Å². The highest BCUT2D eigenvalue weighted by atomic mass is 32.1. The van der Waals surface area contributed by atoms with Gasteiger partial charge in [-0.1, -0.05) is 133 Å². The largest absolute Gasteiger partial charge is 0.301 e. The third kappa shape index (κ3) is 6.28. The molecule has 0 N–H and O–H groups in total. The van der Waals surface area contributed by atoms with Gasteiger partial charge in [0.1, 0.15) is 10.0 Å². The molecule has 0 aliphatic heterocycles. The Kier molecular flexibility index (Phi) is 8.90. The summed E-state index contributed by atoms with van der Waals surface area (Å²) >= 11 is 3.07. The predicted octanol–water partition coefficient (Wildman–Crippen LogP) is 13.3. The molecule has 0 radical (unpaired) electrons. The molecular formula is C45H32N2OS2. The zero-order valence-corrected chi connectivity index (χ0v) is 28.7. The lowest BCUT2D eigenvalue weighted by molar-refractivity contribution is 0.104. The summed E-state index contributed by atoms with van der Waals surface area (Å²) in [4.78, 5) is 20.7. The number of benzene rings is 6. The van der Waals surface area contributed by atoms with Gasteiger partial charge in [-0.05, 0) is 71.8 Å². The van der Waals surface area contributed by atoms with Crippen molar-refractivity contribution in [2.45, 2.75) is 0 Å². The van der Waals surface area contributed by atoms with Crippen molar-refractivity contribution in [2.24, 2.45) is 0 Å². The molecule has 0 unspecified atom stereocenters. The summed E-state index contributed by atoms with van der Waals surface area (Å²) in [5, 5.41) is 1.99. The molecule has 0 saturated heterocycles. The van der Waals surface area contributed by atoms with Gasteiger partial charge >= 0.3 is 0 Å². The molecule has 0 aliphatic rings. The first kappa shape index (κ1) is 31.3. The normalized spacial score (nSPS) is 10.9. The van der Waals surface area contributed by atoms with Crippen molar-refractivity contribution in [3.63, 3.8) is 0 Å². The molecule has 0 fully saturated rings. The van der Waals surface area contributed by atoms with Gasteiger partial charge in [-0.25, -0.2) is 0 Å². The highest BCUT2D eigenvalue weighted by Gasteiger charge is 2.27. The number of ketones is 1. The minimum atomic E-state index is 0.00834. The summed E-state index contributed by atoms with van der Waals surface area (Å²) in [6, 6.07) is 66.3. The third-order valence-electron chi connectivity index (χ3n) is 8.51. The van der Waals surface area contributed by atoms with Gasteiger partial charge in [0.2, 0.25) is 5.78 Å². The SMILES string of the molecule is O=C(c1cc(-c2ccccc2)c(N(c2ccccc2)c2ccccc2)s1)c1cc(-c2ccccc2)c(N(c2ccccc2)c2ccccc2)s1. The van der Waals surface area contributed by atoms with E-state index in [0.29, 0.717) is 9.75 Å². The number of thiophene rings is 2. The van der Waals surface area contributed by atoms with Crippen LogP contribution in [0.2, 0.25) is 0 Å². The van der Waals surface area contributed by atoms with Crippen LogP contribution in [0.4, 0.5) is 32.8 Å². The van der Waals surface area contributed by atoms with Gasteiger partial charge in [-0.2, -0.15) is 0 Å². The lowest BCUT2D eigenvalue weighted by atomic mass is 10.0. The van der Waals surface area contributed by atoms with Crippen LogP contribution in [0.3, 0.4) is 0 Å². The van der Waals surface area contributed by atoms with Gasteiger partial charge in [0, 0.05) is 33.9 Å². The summed E-state index contributed by atoms with van der Waals surface area (Å²) in [6.07, 6.45) is 0. The lowest BCUT2D eigenvalue weighted by Gasteiger charge is -2.25. The Balaban J connectivity index is 1.30. The number of rotatable bonds is 10. The molecule has 8 aromatic rings. The molecule has 0 aliphatic carbocycles. The summed E-state index contributed by atoms with van der Waals surface area (Å²) < 4.78 is 0. The molecule has 5 heteroatoms. The smallest absolute Gasteiger partial charge is 0.213 e. The van der Waals surface area contributed by atoms with E-state index in [1.54, 1.807) is 0 Å². The Hall–Kier alpha value is -6.01. The van der Waals surface area contributed by atoms with Crippen molar-refractivity contribution >= 4 is 61.2 Å². The second-order valence-corrected chi connectivity index (χ2v) is 13.8. The molecule has 50 heavy (non-hydrogen) atoms. The molecule has 2 aromatic heterocycles. The van der Waals surface area contributed by atoms with Crippen LogP contribution in [0.15, 0.2) is 194 Å². The first-order chi connectivity index (χ1) is 24.7. The van der Waals surface area contributed by atoms with Gasteiger partial charge in [-0.15, -0.1) is 22.7 Å². The maximum Gasteiger partial charge on any atom is 0.213 e. The molecule has 2 heterocycles. The second-order valence-electron chi connectivity index (χ2n) is 11.7. The van der Waals surface area contributed by atoms with Crippen LogP contribution >= 0.6 is 22.7 Å². The third-order valence-corrected chi connectivity index (χ3v) is 10.7. The maximum atomic E-state index is 14.8. The van der Waals surface area contributed by atoms with Gasteiger partial charge < -0.3 is 9.80 Å². The first-order valence-electron chi connectivity index (χ1n) is 16.5. The first-order valence-corrected chi connectivity index (χ1v) is 18.1. The summed E-state index contributed by atoms with van der Waals surface area (Å²) in [6.45, 7) is 0. The van der Waals surface area contributed by atoms with Crippen LogP contribution < -0.4 is 9.80 Å². The maximum absolute atomic E-state index is 14.8. The summed E-state index contributed by atoms with van der Waals surface area (Å²) in [7, 11) is 0. The quantitative estimate of drug-likeness (QED) is 0.134. The number of carbonyl (C=O) groups excluding carboxylic acids is 1. The highest BCUT2D eigenvalue weighted by Crippen LogP contribution is 2.49.